The summed E-state index contributed by atoms with van der Waals surface area (Å²) in [6.45, 7) is 17.8. The molecule has 0 aliphatic carbocycles. The zero-order valence-electron chi connectivity index (χ0n) is 57.7. The average Bonchev–Trinajstić information content (AvgIpc) is 0.653. The number of aryl methyl sites for hydroxylation is 2. The number of nitrogens with zero attached hydrogens (tertiary/aromatic N) is 6. The predicted octanol–water partition coefficient (Wildman–Crippen LogP) is 10.5. The number of hydrogen-bond donors (Lipinski definition) is 8. The number of nitrogens with one attached hydrogen (secondary N) is 8. The summed E-state index contributed by atoms with van der Waals surface area (Å²) >= 11 is 12.6. The van der Waals surface area contributed by atoms with E-state index in [4.69, 9.17) is 46.9 Å². The third kappa shape index (κ3) is 23.4. The van der Waals surface area contributed by atoms with E-state index in [1.54, 1.807) is 114 Å². The molecule has 33 heteroatoms. The highest BCUT2D eigenvalue weighted by Crippen LogP contribution is 2.34. The van der Waals surface area contributed by atoms with Crippen molar-refractivity contribution in [2.75, 3.05) is 123 Å². The standard InChI is InChI=1S/C68H88Cl2F2N14O13S2/c1-43-41-73-65(81-61(43)75-49-11-15-53(69)57(39-49)83-100(91,92)67(3,4)5)79-47-9-13-51(55(71)37-47)63(89)77-45-17-23-85(24-18-45)59(87)21-27-95-29-31-97-33-35-99-36-34-98-32-30-96-28-22-60(88)86-25-19-46(20-26-86)78-64(90)52-14-10-48(38-56(52)72)80-66-74-42-44(2)62(82-66)76-50-12-16-54(70)58(40-50)84-101(93,94)68(6,7)8/h9-16,37-42,45-46,83-84H,17-36H2,1-8H3,(H,77,89)(H,78,90)(H2,73,75,79,81)(H2,74,76,80,82). The van der Waals surface area contributed by atoms with Gasteiger partial charge in [0.1, 0.15) is 23.3 Å². The minimum absolute atomic E-state index is 0.0687. The number of hydrogen-bond acceptors (Lipinski definition) is 21. The minimum atomic E-state index is -3.75. The smallest absolute Gasteiger partial charge is 0.254 e. The summed E-state index contributed by atoms with van der Waals surface area (Å²) in [4.78, 5) is 73.3. The van der Waals surface area contributed by atoms with Gasteiger partial charge >= 0.3 is 0 Å². The number of carbonyl (C=O) groups is 4. The summed E-state index contributed by atoms with van der Waals surface area (Å²) < 4.78 is 113. The van der Waals surface area contributed by atoms with Crippen LogP contribution in [0, 0.1) is 25.5 Å². The lowest BCUT2D eigenvalue weighted by Crippen LogP contribution is -2.46. The van der Waals surface area contributed by atoms with Crippen LogP contribution in [0.1, 0.15) is 112 Å². The number of rotatable bonds is 34. The van der Waals surface area contributed by atoms with Crippen molar-refractivity contribution in [1.82, 2.24) is 40.4 Å². The molecule has 2 fully saturated rings. The van der Waals surface area contributed by atoms with E-state index in [-0.39, 0.29) is 94.4 Å². The molecule has 6 aromatic rings. The van der Waals surface area contributed by atoms with Gasteiger partial charge in [0.15, 0.2) is 0 Å². The van der Waals surface area contributed by atoms with E-state index in [2.05, 4.69) is 61.3 Å². The fourth-order valence-electron chi connectivity index (χ4n) is 9.99. The highest BCUT2D eigenvalue weighted by Gasteiger charge is 2.32. The first-order valence-corrected chi connectivity index (χ1v) is 36.7. The molecule has 0 radical (unpaired) electrons. The second-order valence-corrected chi connectivity index (χ2v) is 31.7. The number of ether oxygens (including phenoxy) is 5. The normalized spacial score (nSPS) is 14.1. The number of likely N-dealkylation sites (tertiary alicyclic amines) is 2. The largest absolute Gasteiger partial charge is 0.379 e. The predicted molar refractivity (Wildman–Crippen MR) is 384 cm³/mol. The maximum atomic E-state index is 15.4. The van der Waals surface area contributed by atoms with Crippen LogP contribution in [-0.2, 0) is 53.3 Å². The summed E-state index contributed by atoms with van der Waals surface area (Å²) in [7, 11) is -7.51. The summed E-state index contributed by atoms with van der Waals surface area (Å²) in [5, 5.41) is 18.4. The topological polar surface area (TPSA) is 337 Å². The molecule has 2 aliphatic rings. The number of piperidine rings is 2. The number of benzene rings is 4. The Morgan fingerprint density at radius 2 is 0.802 bits per heavy atom. The lowest BCUT2D eigenvalue weighted by atomic mass is 10.0. The Labute approximate surface area is 597 Å². The van der Waals surface area contributed by atoms with Gasteiger partial charge in [-0.15, -0.1) is 0 Å². The van der Waals surface area contributed by atoms with Crippen LogP contribution in [0.15, 0.2) is 85.2 Å². The second-order valence-electron chi connectivity index (χ2n) is 26.0. The summed E-state index contributed by atoms with van der Waals surface area (Å²) in [6.07, 6.45) is 5.49. The molecular formula is C68H88Cl2F2N14O13S2. The summed E-state index contributed by atoms with van der Waals surface area (Å²) in [5.74, 6) is -1.75. The average molecular weight is 1480 g/mol. The molecule has 8 rings (SSSR count). The molecule has 0 spiro atoms. The van der Waals surface area contributed by atoms with Gasteiger partial charge in [-0.3, -0.25) is 28.6 Å². The van der Waals surface area contributed by atoms with Crippen LogP contribution in [-0.4, -0.2) is 184 Å². The molecule has 0 saturated carbocycles. The van der Waals surface area contributed by atoms with Gasteiger partial charge in [0, 0.05) is 84.5 Å². The number of carbonyl (C=O) groups excluding carboxylic acids is 4. The Bertz CT molecular complexity index is 3840. The molecule has 8 N–H and O–H groups in total. The Morgan fingerprint density at radius 1 is 0.485 bits per heavy atom. The van der Waals surface area contributed by atoms with Crippen molar-refractivity contribution < 1.29 is 68.5 Å². The first-order valence-electron chi connectivity index (χ1n) is 33.0. The molecule has 4 heterocycles. The molecule has 2 aromatic heterocycles. The van der Waals surface area contributed by atoms with Crippen molar-refractivity contribution in [3.05, 3.63) is 129 Å². The summed E-state index contributed by atoms with van der Waals surface area (Å²) in [6, 6.07) is 17.2. The summed E-state index contributed by atoms with van der Waals surface area (Å²) in [5.41, 5.74) is 3.01. The van der Waals surface area contributed by atoms with Crippen LogP contribution in [0.2, 0.25) is 10.0 Å². The van der Waals surface area contributed by atoms with E-state index < -0.39 is 53.0 Å². The highest BCUT2D eigenvalue weighted by molar-refractivity contribution is 7.94. The van der Waals surface area contributed by atoms with Gasteiger partial charge in [-0.05, 0) is 154 Å². The van der Waals surface area contributed by atoms with Crippen molar-refractivity contribution in [2.45, 2.75) is 115 Å². The van der Waals surface area contributed by atoms with Gasteiger partial charge < -0.3 is 65.4 Å². The Kier molecular flexibility index (Phi) is 28.1. The fraction of sp³-hybridized carbons (Fsp3) is 0.471. The zero-order chi connectivity index (χ0) is 73.1. The molecule has 0 unspecified atom stereocenters. The van der Waals surface area contributed by atoms with Crippen LogP contribution in [0.25, 0.3) is 0 Å². The van der Waals surface area contributed by atoms with Gasteiger partial charge in [0.05, 0.1) is 121 Å². The van der Waals surface area contributed by atoms with Crippen molar-refractivity contribution >= 4 is 125 Å². The molecule has 2 aliphatic heterocycles. The zero-order valence-corrected chi connectivity index (χ0v) is 60.8. The number of sulfonamides is 2. The molecular weight excluding hydrogens is 1390 g/mol. The third-order valence-corrected chi connectivity index (χ3v) is 21.1. The molecule has 0 bridgehead atoms. The minimum Gasteiger partial charge on any atom is -0.379 e. The first kappa shape index (κ1) is 78.6. The number of anilines is 10. The highest BCUT2D eigenvalue weighted by atomic mass is 35.5. The van der Waals surface area contributed by atoms with Gasteiger partial charge in [0.2, 0.25) is 43.8 Å². The number of amides is 4. The second kappa shape index (κ2) is 36.1. The van der Waals surface area contributed by atoms with Crippen LogP contribution >= 0.6 is 23.2 Å². The van der Waals surface area contributed by atoms with Crippen LogP contribution in [0.3, 0.4) is 0 Å². The monoisotopic (exact) mass is 1480 g/mol. The SMILES string of the molecule is Cc1cnc(Nc2ccc(C(=O)NC3CCN(C(=O)CCOCCOCCOCCOCCOCCC(=O)N4CCC(NC(=O)c5ccc(Nc6ncc(C)c(Nc7ccc(Cl)c(NS(=O)(=O)C(C)(C)C)c7)n6)cc5F)CC4)CC3)c(F)c2)nc1Nc1ccc(Cl)c(NS(=O)(=O)C(C)(C)C)c1. The van der Waals surface area contributed by atoms with Gasteiger partial charge in [-0.2, -0.15) is 9.97 Å². The third-order valence-electron chi connectivity index (χ3n) is 16.2. The maximum Gasteiger partial charge on any atom is 0.254 e. The van der Waals surface area contributed by atoms with E-state index in [0.29, 0.717) is 150 Å². The Hall–Kier alpha value is -8.14. The molecule has 0 atom stereocenters. The van der Waals surface area contributed by atoms with Gasteiger partial charge in [0.25, 0.3) is 11.8 Å². The van der Waals surface area contributed by atoms with Crippen LogP contribution in [0.4, 0.5) is 66.4 Å². The molecule has 4 amide bonds. The number of aromatic nitrogens is 4. The molecule has 27 nitrogen and oxygen atoms in total. The lowest BCUT2D eigenvalue weighted by molar-refractivity contribution is -0.134. The van der Waals surface area contributed by atoms with Gasteiger partial charge in [-0.1, -0.05) is 23.2 Å². The van der Waals surface area contributed by atoms with E-state index in [9.17, 15) is 36.0 Å². The van der Waals surface area contributed by atoms with E-state index in [0.717, 1.165) is 0 Å². The first-order chi connectivity index (χ1) is 47.9. The van der Waals surface area contributed by atoms with E-state index >= 15 is 8.78 Å². The Morgan fingerprint density at radius 3 is 1.13 bits per heavy atom. The maximum absolute atomic E-state index is 15.4. The molecule has 548 valence electrons. The fourth-order valence-corrected chi connectivity index (χ4v) is 12.0. The van der Waals surface area contributed by atoms with Crippen molar-refractivity contribution in [3.8, 4) is 0 Å². The van der Waals surface area contributed by atoms with Gasteiger partial charge in [-0.25, -0.2) is 35.6 Å². The molecule has 101 heavy (non-hydrogen) atoms. The lowest BCUT2D eigenvalue weighted by Gasteiger charge is -2.32. The van der Waals surface area contributed by atoms with Crippen molar-refractivity contribution in [2.24, 2.45) is 0 Å². The Balaban J connectivity index is 0.604. The quantitative estimate of drug-likeness (QED) is 0.0174. The van der Waals surface area contributed by atoms with Crippen LogP contribution in [0.5, 0.6) is 0 Å². The van der Waals surface area contributed by atoms with E-state index in [1.165, 1.54) is 36.4 Å². The van der Waals surface area contributed by atoms with Crippen LogP contribution < -0.4 is 41.3 Å². The number of halogens is 4. The van der Waals surface area contributed by atoms with Crippen molar-refractivity contribution in [1.29, 1.82) is 0 Å². The van der Waals surface area contributed by atoms with Crippen molar-refractivity contribution in [3.63, 3.8) is 0 Å². The van der Waals surface area contributed by atoms with E-state index in [1.807, 2.05) is 0 Å². The molecule has 2 saturated heterocycles. The molecule has 4 aromatic carbocycles.